The van der Waals surface area contributed by atoms with E-state index in [1.54, 1.807) is 0 Å². The summed E-state index contributed by atoms with van der Waals surface area (Å²) in [4.78, 5) is 12.2. The number of hydrogen-bond acceptors (Lipinski definition) is 2. The van der Waals surface area contributed by atoms with E-state index in [1.807, 2.05) is 30.3 Å². The van der Waals surface area contributed by atoms with Gasteiger partial charge in [0, 0.05) is 0 Å². The molecular formula is C19H33NO2Si2. The Morgan fingerprint density at radius 2 is 1.46 bits per heavy atom. The number of carboxylic acids is 1. The number of carbonyl (C=O) groups is 1. The van der Waals surface area contributed by atoms with Crippen LogP contribution in [0.3, 0.4) is 0 Å². The lowest BCUT2D eigenvalue weighted by Gasteiger charge is -2.52. The summed E-state index contributed by atoms with van der Waals surface area (Å²) in [5, 5.41) is 9.99. The van der Waals surface area contributed by atoms with Crippen LogP contribution in [0.5, 0.6) is 0 Å². The van der Waals surface area contributed by atoms with Gasteiger partial charge in [-0.15, -0.1) is 0 Å². The molecule has 0 heterocycles. The zero-order chi connectivity index (χ0) is 18.2. The highest BCUT2D eigenvalue weighted by atomic mass is 28.4. The summed E-state index contributed by atoms with van der Waals surface area (Å²) in [6.07, 6.45) is 3.50. The van der Waals surface area contributed by atoms with Crippen LogP contribution in [0.1, 0.15) is 31.2 Å². The Bertz CT molecular complexity index is 553. The average molecular weight is 364 g/mol. The molecule has 1 saturated carbocycles. The quantitative estimate of drug-likeness (QED) is 0.755. The third-order valence-electron chi connectivity index (χ3n) is 5.36. The summed E-state index contributed by atoms with van der Waals surface area (Å²) in [6.45, 7) is 14.6. The van der Waals surface area contributed by atoms with Crippen molar-refractivity contribution >= 4 is 22.4 Å². The second kappa shape index (κ2) is 6.77. The lowest BCUT2D eigenvalue weighted by atomic mass is 9.68. The van der Waals surface area contributed by atoms with Gasteiger partial charge in [-0.3, -0.25) is 4.79 Å². The van der Waals surface area contributed by atoms with Gasteiger partial charge in [-0.2, -0.15) is 0 Å². The number of carboxylic acid groups (broad SMARTS) is 1. The van der Waals surface area contributed by atoms with Crippen molar-refractivity contribution in [2.75, 3.05) is 0 Å². The monoisotopic (exact) mass is 363 g/mol. The lowest BCUT2D eigenvalue weighted by Crippen LogP contribution is -2.64. The molecule has 0 saturated heterocycles. The summed E-state index contributed by atoms with van der Waals surface area (Å²) < 4.78 is 2.86. The van der Waals surface area contributed by atoms with Crippen LogP contribution in [-0.4, -0.2) is 37.8 Å². The minimum atomic E-state index is -1.41. The highest BCUT2D eigenvalue weighted by molar-refractivity contribution is 6.89. The first-order valence-electron chi connectivity index (χ1n) is 9.07. The zero-order valence-electron chi connectivity index (χ0n) is 16.1. The van der Waals surface area contributed by atoms with E-state index in [-0.39, 0.29) is 0 Å². The van der Waals surface area contributed by atoms with Gasteiger partial charge < -0.3 is 9.34 Å². The fourth-order valence-corrected chi connectivity index (χ4v) is 15.6. The minimum Gasteiger partial charge on any atom is -0.481 e. The maximum atomic E-state index is 12.2. The SMILES string of the molecule is C[Si](C)(C)N(C1CCC(C(=O)O)(c2ccccc2)CC1)[Si](C)(C)C. The van der Waals surface area contributed by atoms with Crippen molar-refractivity contribution in [1.29, 1.82) is 0 Å². The molecule has 1 fully saturated rings. The Morgan fingerprint density at radius 3 is 1.83 bits per heavy atom. The van der Waals surface area contributed by atoms with Crippen molar-refractivity contribution in [3.63, 3.8) is 0 Å². The molecular weight excluding hydrogens is 330 g/mol. The van der Waals surface area contributed by atoms with Crippen LogP contribution < -0.4 is 0 Å². The number of hydrogen-bond donors (Lipinski definition) is 1. The van der Waals surface area contributed by atoms with E-state index in [1.165, 1.54) is 0 Å². The fourth-order valence-electron chi connectivity index (χ4n) is 4.84. The predicted molar refractivity (Wildman–Crippen MR) is 107 cm³/mol. The van der Waals surface area contributed by atoms with Gasteiger partial charge in [0.05, 0.1) is 5.41 Å². The third-order valence-corrected chi connectivity index (χ3v) is 13.0. The number of rotatable bonds is 5. The van der Waals surface area contributed by atoms with E-state index < -0.39 is 27.9 Å². The van der Waals surface area contributed by atoms with E-state index in [0.717, 1.165) is 31.2 Å². The van der Waals surface area contributed by atoms with Gasteiger partial charge in [0.25, 0.3) is 0 Å². The first-order chi connectivity index (χ1) is 11.0. The molecule has 1 N–H and O–H groups in total. The van der Waals surface area contributed by atoms with Gasteiger partial charge in [0.15, 0.2) is 0 Å². The Kier molecular flexibility index (Phi) is 5.47. The Labute approximate surface area is 149 Å². The second-order valence-corrected chi connectivity index (χ2v) is 19.3. The maximum Gasteiger partial charge on any atom is 0.314 e. The average Bonchev–Trinajstić information content (AvgIpc) is 2.46. The summed E-state index contributed by atoms with van der Waals surface area (Å²) >= 11 is 0. The third kappa shape index (κ3) is 3.84. The van der Waals surface area contributed by atoms with Crippen LogP contribution in [0, 0.1) is 0 Å². The molecule has 0 bridgehead atoms. The second-order valence-electron chi connectivity index (χ2n) is 9.20. The van der Waals surface area contributed by atoms with Crippen LogP contribution in [0.2, 0.25) is 39.3 Å². The van der Waals surface area contributed by atoms with E-state index >= 15 is 0 Å². The molecule has 0 radical (unpaired) electrons. The van der Waals surface area contributed by atoms with Gasteiger partial charge in [0.1, 0.15) is 16.5 Å². The molecule has 1 aliphatic rings. The smallest absolute Gasteiger partial charge is 0.314 e. The van der Waals surface area contributed by atoms with Crippen LogP contribution >= 0.6 is 0 Å². The number of aliphatic carboxylic acids is 1. The van der Waals surface area contributed by atoms with Gasteiger partial charge in [-0.05, 0) is 37.3 Å². The molecule has 24 heavy (non-hydrogen) atoms. The Hall–Kier alpha value is -0.916. The first kappa shape index (κ1) is 19.4. The van der Waals surface area contributed by atoms with Crippen molar-refractivity contribution in [3.8, 4) is 0 Å². The topological polar surface area (TPSA) is 40.5 Å². The maximum absolute atomic E-state index is 12.2. The molecule has 1 aromatic carbocycles. The summed E-state index contributed by atoms with van der Waals surface area (Å²) in [6, 6.07) is 10.4. The molecule has 1 aromatic rings. The van der Waals surface area contributed by atoms with Crippen molar-refractivity contribution in [2.24, 2.45) is 0 Å². The van der Waals surface area contributed by atoms with Crippen molar-refractivity contribution < 1.29 is 9.90 Å². The van der Waals surface area contributed by atoms with Crippen LogP contribution in [0.15, 0.2) is 30.3 Å². The summed E-state index contributed by atoms with van der Waals surface area (Å²) in [5.41, 5.74) is 0.283. The van der Waals surface area contributed by atoms with Gasteiger partial charge in [-0.25, -0.2) is 0 Å². The normalized spacial score (nSPS) is 25.7. The lowest BCUT2D eigenvalue weighted by molar-refractivity contribution is -0.145. The van der Waals surface area contributed by atoms with Crippen LogP contribution in [0.25, 0.3) is 0 Å². The van der Waals surface area contributed by atoms with E-state index in [2.05, 4.69) is 43.5 Å². The molecule has 5 heteroatoms. The molecule has 0 aromatic heterocycles. The molecule has 3 nitrogen and oxygen atoms in total. The standard InChI is InChI=1S/C19H33NO2Si2/c1-23(2,3)20(24(4,5)6)17-12-14-19(15-13-17,18(21)22)16-10-8-7-9-11-16/h7-11,17H,12-15H2,1-6H3,(H,21,22). The molecule has 0 amide bonds. The molecule has 134 valence electrons. The minimum absolute atomic E-state index is 0.555. The zero-order valence-corrected chi connectivity index (χ0v) is 18.1. The predicted octanol–water partition coefficient (Wildman–Crippen LogP) is 4.92. The molecule has 0 unspecified atom stereocenters. The summed E-state index contributed by atoms with van der Waals surface area (Å²) in [5.74, 6) is -0.653. The largest absolute Gasteiger partial charge is 0.481 e. The highest BCUT2D eigenvalue weighted by Gasteiger charge is 2.47. The van der Waals surface area contributed by atoms with E-state index in [0.29, 0.717) is 6.04 Å². The Balaban J connectivity index is 2.26. The molecule has 1 aliphatic carbocycles. The van der Waals surface area contributed by atoms with Crippen molar-refractivity contribution in [1.82, 2.24) is 4.23 Å². The van der Waals surface area contributed by atoms with Crippen LogP contribution in [0.4, 0.5) is 0 Å². The van der Waals surface area contributed by atoms with Crippen LogP contribution in [-0.2, 0) is 10.2 Å². The molecule has 0 atom stereocenters. The fraction of sp³-hybridized carbons (Fsp3) is 0.632. The van der Waals surface area contributed by atoms with E-state index in [4.69, 9.17) is 0 Å². The van der Waals surface area contributed by atoms with Crippen molar-refractivity contribution in [2.45, 2.75) is 76.4 Å². The van der Waals surface area contributed by atoms with Gasteiger partial charge in [0.2, 0.25) is 0 Å². The Morgan fingerprint density at radius 1 is 1.00 bits per heavy atom. The molecule has 0 aliphatic heterocycles. The highest BCUT2D eigenvalue weighted by Crippen LogP contribution is 2.43. The van der Waals surface area contributed by atoms with Crippen molar-refractivity contribution in [3.05, 3.63) is 35.9 Å². The molecule has 0 spiro atoms. The number of benzene rings is 1. The van der Waals surface area contributed by atoms with Gasteiger partial charge in [-0.1, -0.05) is 69.6 Å². The first-order valence-corrected chi connectivity index (χ1v) is 16.0. The molecule has 2 rings (SSSR count). The van der Waals surface area contributed by atoms with E-state index in [9.17, 15) is 9.90 Å². The van der Waals surface area contributed by atoms with Gasteiger partial charge >= 0.3 is 5.97 Å². The summed E-state index contributed by atoms with van der Waals surface area (Å²) in [7, 11) is -2.83. The number of nitrogens with zero attached hydrogens (tertiary/aromatic N) is 1.